The van der Waals surface area contributed by atoms with Crippen molar-refractivity contribution in [1.82, 2.24) is 0 Å². The lowest BCUT2D eigenvalue weighted by molar-refractivity contribution is -0.140. The lowest BCUT2D eigenvalue weighted by Crippen LogP contribution is -2.06. The van der Waals surface area contributed by atoms with Gasteiger partial charge in [-0.2, -0.15) is 0 Å². The van der Waals surface area contributed by atoms with E-state index in [0.717, 1.165) is 11.8 Å². The van der Waals surface area contributed by atoms with Crippen LogP contribution in [0.4, 0.5) is 0 Å². The Morgan fingerprint density at radius 3 is 2.60 bits per heavy atom. The summed E-state index contributed by atoms with van der Waals surface area (Å²) in [6, 6.07) is 9.16. The van der Waals surface area contributed by atoms with Crippen LogP contribution in [0.3, 0.4) is 0 Å². The minimum absolute atomic E-state index is 0.0269. The summed E-state index contributed by atoms with van der Waals surface area (Å²) in [5.41, 5.74) is 0.909. The maximum absolute atomic E-state index is 11.6. The van der Waals surface area contributed by atoms with Gasteiger partial charge in [-0.15, -0.1) is 0 Å². The third-order valence-corrected chi connectivity index (χ3v) is 3.15. The molecule has 0 bridgehead atoms. The summed E-state index contributed by atoms with van der Waals surface area (Å²) in [5, 5.41) is 0. The summed E-state index contributed by atoms with van der Waals surface area (Å²) in [4.78, 5) is 20.8. The predicted octanol–water partition coefficient (Wildman–Crippen LogP) is 2.79. The van der Waals surface area contributed by atoms with E-state index in [9.17, 15) is 9.36 Å². The standard InChI is InChI=1S/C13H17O6P/c1-3-18-20(15,16)19-9-11(2)13(14)17-10-12-7-5-4-6-8-12/h4-9H,3,10H2,1-2H3,(H,15,16). The van der Waals surface area contributed by atoms with Crippen LogP contribution in [0.5, 0.6) is 0 Å². The molecule has 0 aliphatic heterocycles. The monoisotopic (exact) mass is 300 g/mol. The summed E-state index contributed by atoms with van der Waals surface area (Å²) < 4.78 is 25.3. The molecule has 110 valence electrons. The Bertz CT molecular complexity index is 511. The van der Waals surface area contributed by atoms with Crippen molar-refractivity contribution >= 4 is 13.8 Å². The Morgan fingerprint density at radius 2 is 2.00 bits per heavy atom. The van der Waals surface area contributed by atoms with Gasteiger partial charge in [0.05, 0.1) is 12.2 Å². The molecule has 0 aliphatic carbocycles. The number of esters is 1. The van der Waals surface area contributed by atoms with E-state index in [4.69, 9.17) is 9.63 Å². The number of ether oxygens (including phenoxy) is 1. The van der Waals surface area contributed by atoms with Crippen molar-refractivity contribution in [2.24, 2.45) is 0 Å². The molecule has 0 fully saturated rings. The van der Waals surface area contributed by atoms with Crippen molar-refractivity contribution in [2.75, 3.05) is 6.61 Å². The van der Waals surface area contributed by atoms with E-state index in [1.807, 2.05) is 30.3 Å². The molecule has 1 aromatic rings. The molecule has 1 rings (SSSR count). The molecule has 1 aromatic carbocycles. The molecule has 1 N–H and O–H groups in total. The van der Waals surface area contributed by atoms with Gasteiger partial charge in [-0.1, -0.05) is 30.3 Å². The Labute approximate surface area is 117 Å². The molecule has 1 unspecified atom stereocenters. The molecule has 6 nitrogen and oxygen atoms in total. The molecule has 1 atom stereocenters. The topological polar surface area (TPSA) is 82.1 Å². The second-order valence-corrected chi connectivity index (χ2v) is 5.26. The fraction of sp³-hybridized carbons (Fsp3) is 0.308. The van der Waals surface area contributed by atoms with Crippen LogP contribution in [0.1, 0.15) is 19.4 Å². The maximum Gasteiger partial charge on any atom is 0.526 e. The van der Waals surface area contributed by atoms with E-state index >= 15 is 0 Å². The lowest BCUT2D eigenvalue weighted by Gasteiger charge is -2.09. The molecule has 20 heavy (non-hydrogen) atoms. The largest absolute Gasteiger partial charge is 0.526 e. The zero-order valence-corrected chi connectivity index (χ0v) is 12.2. The third-order valence-electron chi connectivity index (χ3n) is 2.19. The van der Waals surface area contributed by atoms with E-state index in [-0.39, 0.29) is 18.8 Å². The lowest BCUT2D eigenvalue weighted by atomic mass is 10.2. The fourth-order valence-corrected chi connectivity index (χ4v) is 1.90. The van der Waals surface area contributed by atoms with Gasteiger partial charge in [0.25, 0.3) is 0 Å². The minimum Gasteiger partial charge on any atom is -0.457 e. The second kappa shape index (κ2) is 7.85. The number of carbonyl (C=O) groups excluding carboxylic acids is 1. The van der Waals surface area contributed by atoms with Gasteiger partial charge in [0, 0.05) is 0 Å². The molecule has 0 heterocycles. The molecule has 0 saturated carbocycles. The number of hydrogen-bond donors (Lipinski definition) is 1. The maximum atomic E-state index is 11.6. The molecule has 0 aliphatic rings. The first kappa shape index (κ1) is 16.4. The number of hydrogen-bond acceptors (Lipinski definition) is 5. The average Bonchev–Trinajstić information content (AvgIpc) is 2.43. The fourth-order valence-electron chi connectivity index (χ4n) is 1.22. The minimum atomic E-state index is -4.15. The highest BCUT2D eigenvalue weighted by Gasteiger charge is 2.20. The van der Waals surface area contributed by atoms with Crippen LogP contribution in [0, 0.1) is 0 Å². The van der Waals surface area contributed by atoms with Crippen molar-refractivity contribution in [1.29, 1.82) is 0 Å². The highest BCUT2D eigenvalue weighted by atomic mass is 31.2. The number of phosphoric ester groups is 1. The molecule has 7 heteroatoms. The third kappa shape index (κ3) is 6.02. The van der Waals surface area contributed by atoms with Crippen LogP contribution in [0.25, 0.3) is 0 Å². The summed E-state index contributed by atoms with van der Waals surface area (Å²) in [5.74, 6) is -0.634. The van der Waals surface area contributed by atoms with Gasteiger partial charge in [-0.25, -0.2) is 9.36 Å². The van der Waals surface area contributed by atoms with E-state index in [2.05, 4.69) is 9.05 Å². The first-order valence-corrected chi connectivity index (χ1v) is 7.47. The Morgan fingerprint density at radius 1 is 1.35 bits per heavy atom. The van der Waals surface area contributed by atoms with Crippen molar-refractivity contribution < 1.29 is 28.0 Å². The van der Waals surface area contributed by atoms with Crippen LogP contribution in [0.2, 0.25) is 0 Å². The van der Waals surface area contributed by atoms with Crippen LogP contribution in [-0.4, -0.2) is 17.5 Å². The van der Waals surface area contributed by atoms with Gasteiger partial charge >= 0.3 is 13.8 Å². The molecular weight excluding hydrogens is 283 g/mol. The van der Waals surface area contributed by atoms with E-state index in [1.165, 1.54) is 6.92 Å². The zero-order valence-electron chi connectivity index (χ0n) is 11.3. The summed E-state index contributed by atoms with van der Waals surface area (Å²) in [6.07, 6.45) is 0.865. The van der Waals surface area contributed by atoms with Gasteiger partial charge in [-0.05, 0) is 19.4 Å². The second-order valence-electron chi connectivity index (χ2n) is 3.85. The molecular formula is C13H17O6P. The number of rotatable bonds is 7. The number of phosphoric acid groups is 1. The van der Waals surface area contributed by atoms with Crippen molar-refractivity contribution in [3.8, 4) is 0 Å². The number of carbonyl (C=O) groups is 1. The Balaban J connectivity index is 2.48. The van der Waals surface area contributed by atoms with Crippen LogP contribution < -0.4 is 0 Å². The number of benzene rings is 1. The molecule has 0 saturated heterocycles. The van der Waals surface area contributed by atoms with Gasteiger partial charge < -0.3 is 9.26 Å². The van der Waals surface area contributed by atoms with Crippen molar-refractivity contribution in [3.63, 3.8) is 0 Å². The van der Waals surface area contributed by atoms with Gasteiger partial charge in [0.15, 0.2) is 0 Å². The van der Waals surface area contributed by atoms with Crippen LogP contribution in [0.15, 0.2) is 42.2 Å². The summed E-state index contributed by atoms with van der Waals surface area (Å²) in [6.45, 7) is 3.11. The van der Waals surface area contributed by atoms with Gasteiger partial charge in [0.2, 0.25) is 0 Å². The van der Waals surface area contributed by atoms with Gasteiger partial charge in [-0.3, -0.25) is 9.42 Å². The Hall–Kier alpha value is -1.62. The highest BCUT2D eigenvalue weighted by Crippen LogP contribution is 2.43. The smallest absolute Gasteiger partial charge is 0.457 e. The SMILES string of the molecule is CCOP(=O)(O)OC=C(C)C(=O)OCc1ccccc1. The van der Waals surface area contributed by atoms with E-state index in [0.29, 0.717) is 0 Å². The first-order valence-electron chi connectivity index (χ1n) is 5.98. The normalized spacial score (nSPS) is 14.4. The highest BCUT2D eigenvalue weighted by molar-refractivity contribution is 7.47. The summed E-state index contributed by atoms with van der Waals surface area (Å²) >= 11 is 0. The van der Waals surface area contributed by atoms with Crippen molar-refractivity contribution in [2.45, 2.75) is 20.5 Å². The Kier molecular flexibility index (Phi) is 6.45. The molecule has 0 amide bonds. The van der Waals surface area contributed by atoms with E-state index in [1.54, 1.807) is 6.92 Å². The van der Waals surface area contributed by atoms with Gasteiger partial charge in [0.1, 0.15) is 12.9 Å². The van der Waals surface area contributed by atoms with Crippen LogP contribution in [-0.2, 0) is 29.8 Å². The zero-order chi connectivity index (χ0) is 15.0. The molecule has 0 spiro atoms. The molecule has 0 radical (unpaired) electrons. The molecule has 0 aromatic heterocycles. The average molecular weight is 300 g/mol. The first-order chi connectivity index (χ1) is 9.44. The summed E-state index contributed by atoms with van der Waals surface area (Å²) in [7, 11) is -4.15. The van der Waals surface area contributed by atoms with E-state index < -0.39 is 13.8 Å². The van der Waals surface area contributed by atoms with Crippen molar-refractivity contribution in [3.05, 3.63) is 47.7 Å². The van der Waals surface area contributed by atoms with Crippen LogP contribution >= 0.6 is 7.82 Å². The quantitative estimate of drug-likeness (QED) is 0.361. The predicted molar refractivity (Wildman–Crippen MR) is 72.5 cm³/mol.